The Morgan fingerprint density at radius 1 is 0.396 bits per heavy atom. The highest BCUT2D eigenvalue weighted by molar-refractivity contribution is 7.28. The lowest BCUT2D eigenvalue weighted by atomic mass is 9.98. The van der Waals surface area contributed by atoms with Gasteiger partial charge in [-0.15, -0.1) is 22.7 Å². The molecular formula is C48H27N3S2. The average molecular weight is 710 g/mol. The lowest BCUT2D eigenvalue weighted by Gasteiger charge is -2.12. The summed E-state index contributed by atoms with van der Waals surface area (Å²) in [6, 6.07) is 59.1. The first-order chi connectivity index (χ1) is 26.3. The largest absolute Gasteiger partial charge is 0.278 e. The molecule has 5 heteroatoms. The van der Waals surface area contributed by atoms with Gasteiger partial charge in [0, 0.05) is 62.1 Å². The molecular weight excluding hydrogens is 683 g/mol. The van der Waals surface area contributed by atoms with Gasteiger partial charge in [0.15, 0.2) is 0 Å². The van der Waals surface area contributed by atoms with Crippen LogP contribution >= 0.6 is 22.7 Å². The standard InChI is InChI=1S/C48H27N3S2/c1-2-10-28(11-3-1)30-20-18-29-19-21-31(27-32(29)26-30)45-37-14-4-7-15-38(37)49-48(50-45)51-39-24-22-35-33-12-5-8-16-41(33)52-46(35)43(39)44-40(51)25-23-36-34-13-6-9-17-42(34)53-47(36)44/h1-27H. The van der Waals surface area contributed by atoms with Crippen LogP contribution in [0, 0.1) is 0 Å². The van der Waals surface area contributed by atoms with Gasteiger partial charge in [0.25, 0.3) is 0 Å². The van der Waals surface area contributed by atoms with Crippen LogP contribution in [-0.2, 0) is 0 Å². The summed E-state index contributed by atoms with van der Waals surface area (Å²) in [5.41, 5.74) is 7.58. The summed E-state index contributed by atoms with van der Waals surface area (Å²) in [7, 11) is 0. The summed E-state index contributed by atoms with van der Waals surface area (Å²) in [6.45, 7) is 0. The van der Waals surface area contributed by atoms with E-state index in [0.717, 1.165) is 33.2 Å². The summed E-state index contributed by atoms with van der Waals surface area (Å²) >= 11 is 3.77. The molecule has 0 aliphatic heterocycles. The first kappa shape index (κ1) is 29.2. The van der Waals surface area contributed by atoms with Gasteiger partial charge in [0.2, 0.25) is 5.95 Å². The molecule has 0 N–H and O–H groups in total. The summed E-state index contributed by atoms with van der Waals surface area (Å²) in [5, 5.41) is 11.2. The Labute approximate surface area is 311 Å². The third-order valence-electron chi connectivity index (χ3n) is 10.8. The van der Waals surface area contributed by atoms with Gasteiger partial charge in [-0.05, 0) is 64.4 Å². The fourth-order valence-electron chi connectivity index (χ4n) is 8.35. The maximum Gasteiger partial charge on any atom is 0.235 e. The molecule has 0 aliphatic rings. The van der Waals surface area contributed by atoms with Gasteiger partial charge in [-0.25, -0.2) is 9.97 Å². The maximum absolute atomic E-state index is 5.51. The van der Waals surface area contributed by atoms with E-state index in [9.17, 15) is 0 Å². The first-order valence-electron chi connectivity index (χ1n) is 17.8. The van der Waals surface area contributed by atoms with Crippen LogP contribution in [0.2, 0.25) is 0 Å². The second kappa shape index (κ2) is 11.1. The molecule has 4 heterocycles. The van der Waals surface area contributed by atoms with Crippen LogP contribution in [0.25, 0.3) is 112 Å². The van der Waals surface area contributed by atoms with Crippen molar-refractivity contribution in [1.29, 1.82) is 0 Å². The van der Waals surface area contributed by atoms with E-state index in [1.807, 2.05) is 22.7 Å². The Kier molecular flexibility index (Phi) is 6.09. The third kappa shape index (κ3) is 4.26. The zero-order chi connectivity index (χ0) is 34.6. The molecule has 8 aromatic carbocycles. The maximum atomic E-state index is 5.51. The Morgan fingerprint density at radius 3 is 1.64 bits per heavy atom. The molecule has 0 saturated heterocycles. The van der Waals surface area contributed by atoms with Crippen LogP contribution in [0.15, 0.2) is 164 Å². The molecule has 0 radical (unpaired) electrons. The van der Waals surface area contributed by atoms with Gasteiger partial charge < -0.3 is 0 Å². The van der Waals surface area contributed by atoms with Gasteiger partial charge in [-0.3, -0.25) is 4.57 Å². The van der Waals surface area contributed by atoms with Gasteiger partial charge >= 0.3 is 0 Å². The molecule has 12 rings (SSSR count). The number of hydrogen-bond acceptors (Lipinski definition) is 4. The molecule has 53 heavy (non-hydrogen) atoms. The lowest BCUT2D eigenvalue weighted by Crippen LogP contribution is -2.03. The zero-order valence-corrected chi connectivity index (χ0v) is 29.9. The number of aromatic nitrogens is 3. The molecule has 12 aromatic rings. The Balaban J connectivity index is 1.17. The van der Waals surface area contributed by atoms with Crippen LogP contribution < -0.4 is 0 Å². The minimum atomic E-state index is 0.678. The molecule has 0 amide bonds. The van der Waals surface area contributed by atoms with E-state index in [2.05, 4.69) is 168 Å². The van der Waals surface area contributed by atoms with Crippen molar-refractivity contribution in [2.75, 3.05) is 0 Å². The minimum Gasteiger partial charge on any atom is -0.278 e. The molecule has 0 bridgehead atoms. The molecule has 246 valence electrons. The van der Waals surface area contributed by atoms with Crippen LogP contribution in [0.3, 0.4) is 0 Å². The number of rotatable bonds is 3. The molecule has 3 nitrogen and oxygen atoms in total. The number of benzene rings is 8. The molecule has 0 aliphatic carbocycles. The number of para-hydroxylation sites is 1. The zero-order valence-electron chi connectivity index (χ0n) is 28.2. The van der Waals surface area contributed by atoms with Crippen LogP contribution in [-0.4, -0.2) is 14.5 Å². The Morgan fingerprint density at radius 2 is 0.962 bits per heavy atom. The van der Waals surface area contributed by atoms with Crippen LogP contribution in [0.1, 0.15) is 0 Å². The molecule has 4 aromatic heterocycles. The Bertz CT molecular complexity index is 3330. The number of hydrogen-bond donors (Lipinski definition) is 0. The summed E-state index contributed by atoms with van der Waals surface area (Å²) in [6.07, 6.45) is 0. The topological polar surface area (TPSA) is 30.7 Å². The van der Waals surface area contributed by atoms with Gasteiger partial charge in [-0.2, -0.15) is 0 Å². The summed E-state index contributed by atoms with van der Waals surface area (Å²) < 4.78 is 7.53. The van der Waals surface area contributed by atoms with Gasteiger partial charge in [-0.1, -0.05) is 121 Å². The molecule has 0 fully saturated rings. The summed E-state index contributed by atoms with van der Waals surface area (Å²) in [4.78, 5) is 10.8. The predicted molar refractivity (Wildman–Crippen MR) is 228 cm³/mol. The number of thiophene rings is 2. The number of nitrogens with zero attached hydrogens (tertiary/aromatic N) is 3. The van der Waals surface area contributed by atoms with E-state index in [1.165, 1.54) is 73.0 Å². The van der Waals surface area contributed by atoms with Crippen LogP contribution in [0.5, 0.6) is 0 Å². The van der Waals surface area contributed by atoms with Gasteiger partial charge in [0.05, 0.1) is 22.2 Å². The van der Waals surface area contributed by atoms with E-state index in [0.29, 0.717) is 5.95 Å². The normalized spacial score (nSPS) is 12.2. The SMILES string of the molecule is c1ccc(-c2ccc3ccc(-c4nc(-n5c6ccc7c8ccccc8sc7c6c6c7sc8ccccc8c7ccc65)nc5ccccc45)cc3c2)cc1. The van der Waals surface area contributed by atoms with Gasteiger partial charge in [0.1, 0.15) is 0 Å². The average Bonchev–Trinajstić information content (AvgIpc) is 3.90. The first-order valence-corrected chi connectivity index (χ1v) is 19.5. The quantitative estimate of drug-likeness (QED) is 0.183. The van der Waals surface area contributed by atoms with Crippen molar-refractivity contribution in [3.63, 3.8) is 0 Å². The van der Waals surface area contributed by atoms with E-state index in [4.69, 9.17) is 9.97 Å². The highest BCUT2D eigenvalue weighted by Crippen LogP contribution is 2.48. The fraction of sp³-hybridized carbons (Fsp3) is 0. The molecule has 0 saturated carbocycles. The van der Waals surface area contributed by atoms with Crippen molar-refractivity contribution >= 4 is 106 Å². The van der Waals surface area contributed by atoms with E-state index < -0.39 is 0 Å². The van der Waals surface area contributed by atoms with E-state index in [-0.39, 0.29) is 0 Å². The molecule has 0 atom stereocenters. The van der Waals surface area contributed by atoms with Crippen molar-refractivity contribution in [3.8, 4) is 28.3 Å². The van der Waals surface area contributed by atoms with Crippen molar-refractivity contribution in [2.24, 2.45) is 0 Å². The smallest absolute Gasteiger partial charge is 0.235 e. The van der Waals surface area contributed by atoms with Crippen LogP contribution in [0.4, 0.5) is 0 Å². The Hall–Kier alpha value is -6.40. The highest BCUT2D eigenvalue weighted by atomic mass is 32.1. The van der Waals surface area contributed by atoms with Crippen molar-refractivity contribution in [3.05, 3.63) is 164 Å². The third-order valence-corrected chi connectivity index (χ3v) is 13.2. The molecule has 0 unspecified atom stereocenters. The van der Waals surface area contributed by atoms with E-state index in [1.54, 1.807) is 0 Å². The van der Waals surface area contributed by atoms with Crippen molar-refractivity contribution in [2.45, 2.75) is 0 Å². The fourth-order valence-corrected chi connectivity index (χ4v) is 10.8. The monoisotopic (exact) mass is 709 g/mol. The van der Waals surface area contributed by atoms with Crippen molar-refractivity contribution < 1.29 is 0 Å². The molecule has 0 spiro atoms. The minimum absolute atomic E-state index is 0.678. The highest BCUT2D eigenvalue weighted by Gasteiger charge is 2.23. The van der Waals surface area contributed by atoms with Crippen molar-refractivity contribution in [1.82, 2.24) is 14.5 Å². The summed E-state index contributed by atoms with van der Waals surface area (Å²) in [5.74, 6) is 0.678. The predicted octanol–water partition coefficient (Wildman–Crippen LogP) is 13.9. The second-order valence-corrected chi connectivity index (χ2v) is 15.8. The lowest BCUT2D eigenvalue weighted by molar-refractivity contribution is 1.01. The second-order valence-electron chi connectivity index (χ2n) is 13.7. The number of fused-ring (bicyclic) bond motifs is 13. The van der Waals surface area contributed by atoms with E-state index >= 15 is 0 Å².